The number of benzene rings is 2. The van der Waals surface area contributed by atoms with Gasteiger partial charge in [-0.3, -0.25) is 10.1 Å². The molecule has 1 heterocycles. The number of hydrogen-bond acceptors (Lipinski definition) is 7. The highest BCUT2D eigenvalue weighted by molar-refractivity contribution is 7.15. The molecule has 3 aromatic rings. The Hall–Kier alpha value is -3.98. The molecule has 0 atom stereocenters. The van der Waals surface area contributed by atoms with Gasteiger partial charge in [-0.1, -0.05) is 30.4 Å². The normalized spacial score (nSPS) is 11.6. The molecule has 182 valence electrons. The zero-order valence-corrected chi connectivity index (χ0v) is 19.3. The van der Waals surface area contributed by atoms with Crippen molar-refractivity contribution in [3.63, 3.8) is 0 Å². The van der Waals surface area contributed by atoms with Crippen LogP contribution in [0.5, 0.6) is 11.5 Å². The number of halogens is 4. The number of nitriles is 1. The van der Waals surface area contributed by atoms with Crippen LogP contribution in [0.4, 0.5) is 22.7 Å². The maximum absolute atomic E-state index is 13.3. The van der Waals surface area contributed by atoms with Crippen LogP contribution in [0.15, 0.2) is 42.0 Å². The van der Waals surface area contributed by atoms with E-state index in [0.717, 1.165) is 17.1 Å². The van der Waals surface area contributed by atoms with Crippen LogP contribution < -0.4 is 14.8 Å². The summed E-state index contributed by atoms with van der Waals surface area (Å²) in [5.74, 6) is -1.42. The third kappa shape index (κ3) is 6.54. The van der Waals surface area contributed by atoms with Gasteiger partial charge in [0.2, 0.25) is 5.13 Å². The number of alkyl halides is 3. The predicted molar refractivity (Wildman–Crippen MR) is 120 cm³/mol. The molecule has 35 heavy (non-hydrogen) atoms. The molecule has 2 aromatic carbocycles. The van der Waals surface area contributed by atoms with Gasteiger partial charge in [-0.2, -0.15) is 18.4 Å². The van der Waals surface area contributed by atoms with E-state index in [1.807, 2.05) is 13.0 Å². The summed E-state index contributed by atoms with van der Waals surface area (Å²) in [6.07, 6.45) is -2.78. The maximum Gasteiger partial charge on any atom is 0.416 e. The maximum atomic E-state index is 13.3. The molecule has 3 rings (SSSR count). The van der Waals surface area contributed by atoms with Crippen LogP contribution in [0.3, 0.4) is 0 Å². The third-order valence-electron chi connectivity index (χ3n) is 4.61. The summed E-state index contributed by atoms with van der Waals surface area (Å²) in [4.78, 5) is 12.4. The first kappa shape index (κ1) is 25.6. The van der Waals surface area contributed by atoms with E-state index in [4.69, 9.17) is 9.47 Å². The quantitative estimate of drug-likeness (QED) is 0.250. The summed E-state index contributed by atoms with van der Waals surface area (Å²) in [5, 5.41) is 20.6. The van der Waals surface area contributed by atoms with Crippen LogP contribution in [0.25, 0.3) is 6.08 Å². The van der Waals surface area contributed by atoms with Crippen molar-refractivity contribution in [1.82, 2.24) is 10.2 Å². The van der Waals surface area contributed by atoms with Gasteiger partial charge in [-0.25, -0.2) is 4.39 Å². The summed E-state index contributed by atoms with van der Waals surface area (Å²) in [6, 6.07) is 8.51. The number of carbonyl (C=O) groups is 1. The van der Waals surface area contributed by atoms with Crippen LogP contribution in [-0.4, -0.2) is 23.2 Å². The Kier molecular flexibility index (Phi) is 8.03. The smallest absolute Gasteiger partial charge is 0.416 e. The fourth-order valence-corrected chi connectivity index (χ4v) is 3.59. The molecule has 12 heteroatoms. The lowest BCUT2D eigenvalue weighted by atomic mass is 10.1. The zero-order chi connectivity index (χ0) is 25.6. The van der Waals surface area contributed by atoms with Crippen molar-refractivity contribution in [2.24, 2.45) is 0 Å². The minimum atomic E-state index is -4.75. The van der Waals surface area contributed by atoms with E-state index in [2.05, 4.69) is 15.5 Å². The molecule has 0 unspecified atom stereocenters. The summed E-state index contributed by atoms with van der Waals surface area (Å²) in [7, 11) is 1.33. The number of amides is 1. The first-order valence-electron chi connectivity index (χ1n) is 10.1. The van der Waals surface area contributed by atoms with Gasteiger partial charge in [-0.15, -0.1) is 10.2 Å². The van der Waals surface area contributed by atoms with E-state index in [0.29, 0.717) is 18.1 Å². The number of anilines is 1. The number of ether oxygens (including phenoxy) is 2. The zero-order valence-electron chi connectivity index (χ0n) is 18.4. The average Bonchev–Trinajstić information content (AvgIpc) is 3.28. The van der Waals surface area contributed by atoms with Crippen molar-refractivity contribution in [2.45, 2.75) is 26.1 Å². The average molecular weight is 506 g/mol. The minimum Gasteiger partial charge on any atom is -0.493 e. The number of nitrogens with zero attached hydrogens (tertiary/aromatic N) is 3. The lowest BCUT2D eigenvalue weighted by Gasteiger charge is -2.15. The fraction of sp³-hybridized carbons (Fsp3) is 0.217. The molecule has 0 aliphatic rings. The summed E-state index contributed by atoms with van der Waals surface area (Å²) in [5.41, 5.74) is -1.20. The van der Waals surface area contributed by atoms with E-state index >= 15 is 0 Å². The largest absolute Gasteiger partial charge is 0.493 e. The highest BCUT2D eigenvalue weighted by Gasteiger charge is 2.34. The summed E-state index contributed by atoms with van der Waals surface area (Å²) < 4.78 is 63.7. The molecule has 0 aliphatic carbocycles. The number of aromatic nitrogens is 2. The van der Waals surface area contributed by atoms with Gasteiger partial charge in [-0.05, 0) is 42.3 Å². The molecule has 0 radical (unpaired) electrons. The van der Waals surface area contributed by atoms with E-state index in [1.54, 1.807) is 0 Å². The van der Waals surface area contributed by atoms with E-state index in [9.17, 15) is 27.6 Å². The minimum absolute atomic E-state index is 0.117. The van der Waals surface area contributed by atoms with Crippen molar-refractivity contribution >= 4 is 28.5 Å². The van der Waals surface area contributed by atoms with Gasteiger partial charge in [0.25, 0.3) is 5.91 Å². The van der Waals surface area contributed by atoms with E-state index in [1.165, 1.54) is 42.7 Å². The molecule has 0 spiro atoms. The highest BCUT2D eigenvalue weighted by atomic mass is 32.1. The Morgan fingerprint density at radius 2 is 1.97 bits per heavy atom. The van der Waals surface area contributed by atoms with Crippen LogP contribution >= 0.6 is 11.3 Å². The van der Waals surface area contributed by atoms with Gasteiger partial charge in [0, 0.05) is 5.56 Å². The second kappa shape index (κ2) is 11.0. The second-order valence-electron chi connectivity index (χ2n) is 6.98. The van der Waals surface area contributed by atoms with Gasteiger partial charge in [0.05, 0.1) is 12.7 Å². The molecule has 1 aromatic heterocycles. The van der Waals surface area contributed by atoms with Crippen molar-refractivity contribution in [3.8, 4) is 17.6 Å². The molecule has 1 N–H and O–H groups in total. The van der Waals surface area contributed by atoms with Gasteiger partial charge in [0.1, 0.15) is 29.1 Å². The van der Waals surface area contributed by atoms with Crippen LogP contribution in [0, 0.1) is 17.1 Å². The number of methoxy groups -OCH3 is 1. The molecule has 0 fully saturated rings. The first-order valence-corrected chi connectivity index (χ1v) is 10.9. The Balaban J connectivity index is 1.78. The SMILES string of the molecule is CCc1nnc(NC(=O)/C(C#N)=C/c2ccc(OCc3ccc(F)cc3C(F)(F)F)c(OC)c2)s1. The fourth-order valence-electron chi connectivity index (χ4n) is 2.91. The van der Waals surface area contributed by atoms with Crippen molar-refractivity contribution in [1.29, 1.82) is 5.26 Å². The summed E-state index contributed by atoms with van der Waals surface area (Å²) in [6.45, 7) is 1.40. The molecular formula is C23H18F4N4O3S. The van der Waals surface area contributed by atoms with Gasteiger partial charge < -0.3 is 9.47 Å². The van der Waals surface area contributed by atoms with Gasteiger partial charge >= 0.3 is 6.18 Å². The lowest BCUT2D eigenvalue weighted by Crippen LogP contribution is -2.13. The molecule has 7 nitrogen and oxygen atoms in total. The number of hydrogen-bond donors (Lipinski definition) is 1. The topological polar surface area (TPSA) is 97.1 Å². The molecule has 0 aliphatic heterocycles. The summed E-state index contributed by atoms with van der Waals surface area (Å²) >= 11 is 1.19. The Bertz CT molecular complexity index is 1300. The Morgan fingerprint density at radius 3 is 2.60 bits per heavy atom. The van der Waals surface area contributed by atoms with E-state index < -0.39 is 30.1 Å². The van der Waals surface area contributed by atoms with E-state index in [-0.39, 0.29) is 27.8 Å². The Labute approximate surface area is 201 Å². The van der Waals surface area contributed by atoms with Crippen LogP contribution in [0.1, 0.15) is 28.6 Å². The first-order chi connectivity index (χ1) is 16.6. The second-order valence-corrected chi connectivity index (χ2v) is 8.04. The number of aryl methyl sites for hydroxylation is 1. The van der Waals surface area contributed by atoms with Gasteiger partial charge in [0.15, 0.2) is 11.5 Å². The van der Waals surface area contributed by atoms with Crippen LogP contribution in [-0.2, 0) is 24.0 Å². The Morgan fingerprint density at radius 1 is 1.20 bits per heavy atom. The molecular weight excluding hydrogens is 488 g/mol. The number of carbonyl (C=O) groups excluding carboxylic acids is 1. The molecule has 0 saturated carbocycles. The number of rotatable bonds is 8. The van der Waals surface area contributed by atoms with Crippen LogP contribution in [0.2, 0.25) is 0 Å². The standard InChI is InChI=1S/C23H18F4N4O3S/c1-3-20-30-31-22(35-20)29-21(32)15(11-28)8-13-4-7-18(19(9-13)33-2)34-12-14-5-6-16(24)10-17(14)23(25,26)27/h4-10H,3,12H2,1-2H3,(H,29,31,32)/b15-8+. The monoisotopic (exact) mass is 506 g/mol. The molecule has 0 saturated heterocycles. The van der Waals surface area contributed by atoms with Crippen molar-refractivity contribution in [3.05, 3.63) is 69.5 Å². The van der Waals surface area contributed by atoms with Crippen molar-refractivity contribution in [2.75, 3.05) is 12.4 Å². The van der Waals surface area contributed by atoms with Crippen molar-refractivity contribution < 1.29 is 31.8 Å². The number of nitrogens with one attached hydrogen (secondary N) is 1. The third-order valence-corrected chi connectivity index (χ3v) is 5.60. The predicted octanol–water partition coefficient (Wildman–Crippen LogP) is 5.39. The molecule has 1 amide bonds. The highest BCUT2D eigenvalue weighted by Crippen LogP contribution is 2.34. The lowest BCUT2D eigenvalue weighted by molar-refractivity contribution is -0.138. The molecule has 0 bridgehead atoms.